The van der Waals surface area contributed by atoms with Gasteiger partial charge in [0.15, 0.2) is 0 Å². The molecule has 1 aliphatic rings. The summed E-state index contributed by atoms with van der Waals surface area (Å²) < 4.78 is 1.96. The van der Waals surface area contributed by atoms with Crippen molar-refractivity contribution in [1.82, 2.24) is 19.8 Å². The van der Waals surface area contributed by atoms with Gasteiger partial charge in [-0.25, -0.2) is 4.98 Å². The number of hydrogen-bond acceptors (Lipinski definition) is 4. The van der Waals surface area contributed by atoms with Gasteiger partial charge in [-0.1, -0.05) is 0 Å². The summed E-state index contributed by atoms with van der Waals surface area (Å²) in [4.78, 5) is 17.0. The number of nitrogens with one attached hydrogen (secondary N) is 1. The Kier molecular flexibility index (Phi) is 3.53. The summed E-state index contributed by atoms with van der Waals surface area (Å²) in [7, 11) is 0. The number of piperazine rings is 1. The summed E-state index contributed by atoms with van der Waals surface area (Å²) in [6.07, 6.45) is 5.36. The predicted molar refractivity (Wildman–Crippen MR) is 58.1 cm³/mol. The molecule has 16 heavy (non-hydrogen) atoms. The topological polar surface area (TPSA) is 70.4 Å². The van der Waals surface area contributed by atoms with Crippen LogP contribution in [0.25, 0.3) is 0 Å². The maximum atomic E-state index is 11.0. The number of carboxylic acid groups (broad SMARTS) is 1. The van der Waals surface area contributed by atoms with E-state index in [-0.39, 0.29) is 0 Å². The lowest BCUT2D eigenvalue weighted by Gasteiger charge is -2.33. The molecule has 1 atom stereocenters. The first-order valence-electron chi connectivity index (χ1n) is 5.40. The lowest BCUT2D eigenvalue weighted by Crippen LogP contribution is -2.55. The van der Waals surface area contributed by atoms with Crippen molar-refractivity contribution < 1.29 is 9.90 Å². The standard InChI is InChI=1S/C10H16N4O2/c15-10(16)9-7-11-2-4-14(9)6-5-13-3-1-12-8-13/h1,3,8-9,11H,2,4-7H2,(H,15,16). The molecule has 2 rings (SSSR count). The Balaban J connectivity index is 1.89. The van der Waals surface area contributed by atoms with E-state index in [0.717, 1.165) is 26.2 Å². The van der Waals surface area contributed by atoms with Crippen LogP contribution in [-0.2, 0) is 11.3 Å². The first kappa shape index (κ1) is 11.1. The van der Waals surface area contributed by atoms with Crippen LogP contribution in [0, 0.1) is 0 Å². The lowest BCUT2D eigenvalue weighted by molar-refractivity contribution is -0.144. The highest BCUT2D eigenvalue weighted by Gasteiger charge is 2.27. The fraction of sp³-hybridized carbons (Fsp3) is 0.600. The second-order valence-corrected chi connectivity index (χ2v) is 3.89. The van der Waals surface area contributed by atoms with Gasteiger partial charge < -0.3 is 15.0 Å². The molecule has 6 nitrogen and oxygen atoms in total. The van der Waals surface area contributed by atoms with Crippen LogP contribution >= 0.6 is 0 Å². The van der Waals surface area contributed by atoms with E-state index in [0.29, 0.717) is 6.54 Å². The van der Waals surface area contributed by atoms with E-state index >= 15 is 0 Å². The third-order valence-electron chi connectivity index (χ3n) is 2.84. The Labute approximate surface area is 93.9 Å². The summed E-state index contributed by atoms with van der Waals surface area (Å²) in [5, 5.41) is 12.2. The molecule has 1 fully saturated rings. The largest absolute Gasteiger partial charge is 0.480 e. The smallest absolute Gasteiger partial charge is 0.322 e. The highest BCUT2D eigenvalue weighted by molar-refractivity contribution is 5.73. The number of hydrogen-bond donors (Lipinski definition) is 2. The van der Waals surface area contributed by atoms with E-state index in [4.69, 9.17) is 5.11 Å². The van der Waals surface area contributed by atoms with Crippen LogP contribution in [0.2, 0.25) is 0 Å². The first-order chi connectivity index (χ1) is 7.77. The Hall–Kier alpha value is -1.40. The van der Waals surface area contributed by atoms with E-state index < -0.39 is 12.0 Å². The van der Waals surface area contributed by atoms with Gasteiger partial charge in [-0.15, -0.1) is 0 Å². The zero-order valence-corrected chi connectivity index (χ0v) is 9.04. The van der Waals surface area contributed by atoms with Gasteiger partial charge >= 0.3 is 5.97 Å². The van der Waals surface area contributed by atoms with Gasteiger partial charge in [0.1, 0.15) is 6.04 Å². The number of rotatable bonds is 4. The molecule has 0 aromatic carbocycles. The maximum absolute atomic E-state index is 11.0. The van der Waals surface area contributed by atoms with Crippen LogP contribution in [-0.4, -0.2) is 57.7 Å². The van der Waals surface area contributed by atoms with E-state index in [1.54, 1.807) is 12.5 Å². The molecule has 1 unspecified atom stereocenters. The molecule has 0 aliphatic carbocycles. The number of carbonyl (C=O) groups is 1. The van der Waals surface area contributed by atoms with Gasteiger partial charge in [0, 0.05) is 45.1 Å². The Morgan fingerprint density at radius 1 is 1.56 bits per heavy atom. The Morgan fingerprint density at radius 2 is 2.44 bits per heavy atom. The van der Waals surface area contributed by atoms with Crippen molar-refractivity contribution in [3.63, 3.8) is 0 Å². The minimum Gasteiger partial charge on any atom is -0.480 e. The van der Waals surface area contributed by atoms with E-state index in [1.807, 2.05) is 15.7 Å². The number of carboxylic acids is 1. The minimum atomic E-state index is -0.752. The molecule has 0 bridgehead atoms. The molecule has 0 saturated carbocycles. The van der Waals surface area contributed by atoms with Gasteiger partial charge in [0.05, 0.1) is 6.33 Å². The normalized spacial score (nSPS) is 22.1. The van der Waals surface area contributed by atoms with Gasteiger partial charge in [-0.05, 0) is 0 Å². The van der Waals surface area contributed by atoms with E-state index in [1.165, 1.54) is 0 Å². The zero-order chi connectivity index (χ0) is 11.4. The molecule has 2 N–H and O–H groups in total. The molecule has 1 saturated heterocycles. The van der Waals surface area contributed by atoms with Crippen LogP contribution in [0.5, 0.6) is 0 Å². The average Bonchev–Trinajstić information content (AvgIpc) is 2.79. The highest BCUT2D eigenvalue weighted by atomic mass is 16.4. The van der Waals surface area contributed by atoms with Gasteiger partial charge in [-0.2, -0.15) is 0 Å². The van der Waals surface area contributed by atoms with Crippen LogP contribution in [0.15, 0.2) is 18.7 Å². The molecular weight excluding hydrogens is 208 g/mol. The quantitative estimate of drug-likeness (QED) is 0.703. The second kappa shape index (κ2) is 5.09. The summed E-state index contributed by atoms with van der Waals surface area (Å²) in [5.74, 6) is -0.752. The number of aliphatic carboxylic acids is 1. The van der Waals surface area contributed by atoms with Crippen molar-refractivity contribution in [2.45, 2.75) is 12.6 Å². The average molecular weight is 224 g/mol. The summed E-state index contributed by atoms with van der Waals surface area (Å²) in [5.41, 5.74) is 0. The molecule has 1 aromatic rings. The summed E-state index contributed by atoms with van der Waals surface area (Å²) in [6, 6.07) is -0.405. The van der Waals surface area contributed by atoms with Crippen molar-refractivity contribution in [1.29, 1.82) is 0 Å². The highest BCUT2D eigenvalue weighted by Crippen LogP contribution is 2.04. The monoisotopic (exact) mass is 224 g/mol. The third kappa shape index (κ3) is 2.59. The molecule has 1 aromatic heterocycles. The van der Waals surface area contributed by atoms with Crippen molar-refractivity contribution in [2.24, 2.45) is 0 Å². The molecule has 2 heterocycles. The molecule has 0 radical (unpaired) electrons. The second-order valence-electron chi connectivity index (χ2n) is 3.89. The van der Waals surface area contributed by atoms with Crippen LogP contribution < -0.4 is 5.32 Å². The lowest BCUT2D eigenvalue weighted by atomic mass is 10.2. The van der Waals surface area contributed by atoms with E-state index in [9.17, 15) is 4.79 Å². The van der Waals surface area contributed by atoms with Crippen molar-refractivity contribution in [3.05, 3.63) is 18.7 Å². The van der Waals surface area contributed by atoms with E-state index in [2.05, 4.69) is 10.3 Å². The molecule has 0 spiro atoms. The molecule has 1 aliphatic heterocycles. The Bertz CT molecular complexity index is 339. The molecule has 6 heteroatoms. The van der Waals surface area contributed by atoms with Crippen molar-refractivity contribution >= 4 is 5.97 Å². The summed E-state index contributed by atoms with van der Waals surface area (Å²) in [6.45, 7) is 3.69. The van der Waals surface area contributed by atoms with Gasteiger partial charge in [-0.3, -0.25) is 9.69 Å². The van der Waals surface area contributed by atoms with Crippen LogP contribution in [0.4, 0.5) is 0 Å². The third-order valence-corrected chi connectivity index (χ3v) is 2.84. The fourth-order valence-electron chi connectivity index (χ4n) is 1.92. The van der Waals surface area contributed by atoms with Crippen LogP contribution in [0.1, 0.15) is 0 Å². The van der Waals surface area contributed by atoms with Crippen molar-refractivity contribution in [2.75, 3.05) is 26.2 Å². The van der Waals surface area contributed by atoms with Crippen LogP contribution in [0.3, 0.4) is 0 Å². The Morgan fingerprint density at radius 3 is 3.12 bits per heavy atom. The zero-order valence-electron chi connectivity index (χ0n) is 9.04. The SMILES string of the molecule is O=C(O)C1CNCCN1CCn1ccnc1. The minimum absolute atomic E-state index is 0.405. The first-order valence-corrected chi connectivity index (χ1v) is 5.40. The number of imidazole rings is 1. The fourth-order valence-corrected chi connectivity index (χ4v) is 1.92. The molecule has 0 amide bonds. The number of aromatic nitrogens is 2. The predicted octanol–water partition coefficient (Wildman–Crippen LogP) is -0.758. The number of nitrogens with zero attached hydrogens (tertiary/aromatic N) is 3. The summed E-state index contributed by atoms with van der Waals surface area (Å²) >= 11 is 0. The molecular formula is C10H16N4O2. The van der Waals surface area contributed by atoms with Crippen molar-refractivity contribution in [3.8, 4) is 0 Å². The maximum Gasteiger partial charge on any atom is 0.322 e. The van der Waals surface area contributed by atoms with Gasteiger partial charge in [0.25, 0.3) is 0 Å². The molecule has 88 valence electrons. The van der Waals surface area contributed by atoms with Gasteiger partial charge in [0.2, 0.25) is 0 Å².